The van der Waals surface area contributed by atoms with E-state index in [0.717, 1.165) is 32.1 Å². The van der Waals surface area contributed by atoms with Crippen molar-refractivity contribution >= 4 is 29.5 Å². The molecule has 1 amide bonds. The summed E-state index contributed by atoms with van der Waals surface area (Å²) in [6.07, 6.45) is -0.789. The van der Waals surface area contributed by atoms with Gasteiger partial charge in [-0.2, -0.15) is 4.98 Å². The van der Waals surface area contributed by atoms with E-state index in [0.29, 0.717) is 18.1 Å². The number of carbonyl (C=O) groups excluding carboxylic acids is 1. The fourth-order valence-corrected chi connectivity index (χ4v) is 4.31. The van der Waals surface area contributed by atoms with Gasteiger partial charge in [0.05, 0.1) is 37.5 Å². The minimum atomic E-state index is -0.502. The fourth-order valence-electron chi connectivity index (χ4n) is 4.13. The Morgan fingerprint density at radius 3 is 2.69 bits per heavy atom. The van der Waals surface area contributed by atoms with Gasteiger partial charge in [0.2, 0.25) is 5.95 Å². The summed E-state index contributed by atoms with van der Waals surface area (Å²) in [5.74, 6) is 1.38. The Labute approximate surface area is 210 Å². The van der Waals surface area contributed by atoms with Crippen LogP contribution < -0.4 is 10.2 Å². The lowest BCUT2D eigenvalue weighted by Gasteiger charge is -2.31. The molecule has 0 aliphatic carbocycles. The molecule has 2 aromatic heterocycles. The molecule has 2 aromatic rings. The van der Waals surface area contributed by atoms with E-state index in [1.165, 1.54) is 11.0 Å². The molecule has 0 radical (unpaired) electrons. The van der Waals surface area contributed by atoms with Crippen LogP contribution in [0.5, 0.6) is 0 Å². The SMILES string of the molecule is C[C@H](Nc1nc(Cl)cc(N2C(=O)OC[C@@H]2[C@@H](C)OC(C)(C)C)n1)c1cc(CN2CCOCC2)on1. The molecule has 4 rings (SSSR count). The molecule has 4 heterocycles. The predicted octanol–water partition coefficient (Wildman–Crippen LogP) is 3.65. The average molecular weight is 509 g/mol. The number of cyclic esters (lactones) is 1. The van der Waals surface area contributed by atoms with E-state index in [4.69, 9.17) is 30.3 Å². The van der Waals surface area contributed by atoms with Crippen molar-refractivity contribution in [2.24, 2.45) is 0 Å². The molecule has 0 spiro atoms. The number of rotatable bonds is 8. The van der Waals surface area contributed by atoms with Crippen LogP contribution in [-0.4, -0.2) is 76.8 Å². The monoisotopic (exact) mass is 508 g/mol. The van der Waals surface area contributed by atoms with Crippen molar-refractivity contribution in [2.75, 3.05) is 43.1 Å². The molecule has 35 heavy (non-hydrogen) atoms. The maximum absolute atomic E-state index is 12.6. The molecule has 2 aliphatic rings. The van der Waals surface area contributed by atoms with Crippen molar-refractivity contribution in [1.82, 2.24) is 20.0 Å². The Kier molecular flexibility index (Phi) is 7.80. The smallest absolute Gasteiger partial charge is 0.416 e. The van der Waals surface area contributed by atoms with Gasteiger partial charge >= 0.3 is 6.09 Å². The number of morpholine rings is 1. The highest BCUT2D eigenvalue weighted by Gasteiger charge is 2.40. The number of halogens is 1. The average Bonchev–Trinajstić information content (AvgIpc) is 3.39. The van der Waals surface area contributed by atoms with Crippen molar-refractivity contribution in [1.29, 1.82) is 0 Å². The Morgan fingerprint density at radius 1 is 1.23 bits per heavy atom. The number of nitrogens with one attached hydrogen (secondary N) is 1. The normalized spacial score (nSPS) is 21.1. The molecule has 3 atom stereocenters. The maximum Gasteiger partial charge on any atom is 0.416 e. The molecule has 1 N–H and O–H groups in total. The van der Waals surface area contributed by atoms with Crippen molar-refractivity contribution < 1.29 is 23.5 Å². The topological polar surface area (TPSA) is 115 Å². The number of anilines is 2. The molecular weight excluding hydrogens is 476 g/mol. The molecule has 0 unspecified atom stereocenters. The number of amides is 1. The van der Waals surface area contributed by atoms with Gasteiger partial charge in [0.1, 0.15) is 29.3 Å². The summed E-state index contributed by atoms with van der Waals surface area (Å²) in [7, 11) is 0. The number of ether oxygens (including phenoxy) is 3. The summed E-state index contributed by atoms with van der Waals surface area (Å²) in [6.45, 7) is 13.8. The molecule has 2 fully saturated rings. The van der Waals surface area contributed by atoms with Gasteiger partial charge < -0.3 is 24.1 Å². The number of hydrogen-bond acceptors (Lipinski definition) is 10. The Balaban J connectivity index is 1.46. The van der Waals surface area contributed by atoms with Gasteiger partial charge in [-0.15, -0.1) is 0 Å². The van der Waals surface area contributed by atoms with Gasteiger partial charge in [-0.25, -0.2) is 9.78 Å². The minimum Gasteiger partial charge on any atom is -0.447 e. The van der Waals surface area contributed by atoms with E-state index in [-0.39, 0.29) is 41.5 Å². The molecule has 11 nitrogen and oxygen atoms in total. The first-order chi connectivity index (χ1) is 16.6. The fraction of sp³-hybridized carbons (Fsp3) is 0.652. The second-order valence-corrected chi connectivity index (χ2v) is 10.2. The van der Waals surface area contributed by atoms with Crippen LogP contribution in [0.2, 0.25) is 5.15 Å². The number of hydrogen-bond donors (Lipinski definition) is 1. The third kappa shape index (κ3) is 6.60. The molecule has 12 heteroatoms. The Morgan fingerprint density at radius 2 is 1.97 bits per heavy atom. The van der Waals surface area contributed by atoms with Crippen LogP contribution in [0.15, 0.2) is 16.7 Å². The van der Waals surface area contributed by atoms with Crippen LogP contribution in [0.1, 0.15) is 52.1 Å². The highest BCUT2D eigenvalue weighted by molar-refractivity contribution is 6.29. The lowest BCUT2D eigenvalue weighted by atomic mass is 10.1. The number of carbonyl (C=O) groups is 1. The molecule has 192 valence electrons. The predicted molar refractivity (Wildman–Crippen MR) is 130 cm³/mol. The van der Waals surface area contributed by atoms with Gasteiger partial charge in [-0.3, -0.25) is 9.80 Å². The quantitative estimate of drug-likeness (QED) is 0.529. The van der Waals surface area contributed by atoms with Crippen molar-refractivity contribution in [3.05, 3.63) is 28.7 Å². The van der Waals surface area contributed by atoms with Crippen LogP contribution in [0.4, 0.5) is 16.6 Å². The number of nitrogens with zero attached hydrogens (tertiary/aromatic N) is 5. The largest absolute Gasteiger partial charge is 0.447 e. The first-order valence-electron chi connectivity index (χ1n) is 11.8. The van der Waals surface area contributed by atoms with E-state index in [1.807, 2.05) is 40.7 Å². The molecular formula is C23H33ClN6O5. The molecule has 0 aromatic carbocycles. The minimum absolute atomic E-state index is 0.195. The number of aromatic nitrogens is 3. The summed E-state index contributed by atoms with van der Waals surface area (Å²) in [5, 5.41) is 7.60. The Hall–Kier alpha value is -2.47. The van der Waals surface area contributed by atoms with Crippen molar-refractivity contribution in [2.45, 2.75) is 65.0 Å². The van der Waals surface area contributed by atoms with Gasteiger partial charge in [-0.1, -0.05) is 16.8 Å². The third-order valence-electron chi connectivity index (χ3n) is 5.76. The first kappa shape index (κ1) is 25.6. The lowest BCUT2D eigenvalue weighted by Crippen LogP contribution is -2.45. The zero-order valence-electron chi connectivity index (χ0n) is 20.8. The van der Waals surface area contributed by atoms with Crippen LogP contribution in [0.3, 0.4) is 0 Å². The zero-order chi connectivity index (χ0) is 25.2. The van der Waals surface area contributed by atoms with E-state index in [9.17, 15) is 4.79 Å². The molecule has 2 saturated heterocycles. The van der Waals surface area contributed by atoms with Crippen LogP contribution in [-0.2, 0) is 20.8 Å². The zero-order valence-corrected chi connectivity index (χ0v) is 21.5. The van der Waals surface area contributed by atoms with Crippen molar-refractivity contribution in [3.8, 4) is 0 Å². The summed E-state index contributed by atoms with van der Waals surface area (Å²) in [6, 6.07) is 2.85. The molecule has 2 aliphatic heterocycles. The Bertz CT molecular complexity index is 1020. The third-order valence-corrected chi connectivity index (χ3v) is 5.96. The second-order valence-electron chi connectivity index (χ2n) is 9.79. The highest BCUT2D eigenvalue weighted by Crippen LogP contribution is 2.29. The van der Waals surface area contributed by atoms with E-state index < -0.39 is 6.09 Å². The summed E-state index contributed by atoms with van der Waals surface area (Å²) in [5.41, 5.74) is 0.337. The maximum atomic E-state index is 12.6. The van der Waals surface area contributed by atoms with Crippen LogP contribution >= 0.6 is 11.6 Å². The lowest BCUT2D eigenvalue weighted by molar-refractivity contribution is -0.0618. The summed E-state index contributed by atoms with van der Waals surface area (Å²) < 4.78 is 22.3. The molecule has 0 bridgehead atoms. The summed E-state index contributed by atoms with van der Waals surface area (Å²) in [4.78, 5) is 25.1. The van der Waals surface area contributed by atoms with Crippen LogP contribution in [0.25, 0.3) is 0 Å². The van der Waals surface area contributed by atoms with Gasteiger partial charge in [0.15, 0.2) is 5.76 Å². The van der Waals surface area contributed by atoms with E-state index in [1.54, 1.807) is 0 Å². The van der Waals surface area contributed by atoms with Gasteiger partial charge in [-0.05, 0) is 34.6 Å². The van der Waals surface area contributed by atoms with Crippen LogP contribution in [0, 0.1) is 0 Å². The van der Waals surface area contributed by atoms with Gasteiger partial charge in [0.25, 0.3) is 0 Å². The highest BCUT2D eigenvalue weighted by atomic mass is 35.5. The second kappa shape index (κ2) is 10.7. The van der Waals surface area contributed by atoms with E-state index >= 15 is 0 Å². The summed E-state index contributed by atoms with van der Waals surface area (Å²) >= 11 is 6.30. The standard InChI is InChI=1S/C23H33ClN6O5/c1-14(17-10-16(35-28-17)12-29-6-8-32-9-7-29)25-21-26-19(24)11-20(27-21)30-18(13-33-22(30)31)15(2)34-23(3,4)5/h10-11,14-15,18H,6-9,12-13H2,1-5H3,(H,25,26,27)/t14-,15+,18+/m0/s1. The van der Waals surface area contributed by atoms with Gasteiger partial charge in [0, 0.05) is 25.2 Å². The van der Waals surface area contributed by atoms with Crippen molar-refractivity contribution in [3.63, 3.8) is 0 Å². The molecule has 0 saturated carbocycles. The first-order valence-corrected chi connectivity index (χ1v) is 12.2. The van der Waals surface area contributed by atoms with E-state index in [2.05, 4.69) is 25.3 Å².